The first-order chi connectivity index (χ1) is 12.2. The van der Waals surface area contributed by atoms with Crippen molar-refractivity contribution in [1.82, 2.24) is 10.6 Å². The molecule has 3 unspecified atom stereocenters. The molecule has 2 N–H and O–H groups in total. The summed E-state index contributed by atoms with van der Waals surface area (Å²) in [4.78, 5) is 4.40. The Morgan fingerprint density at radius 1 is 1.23 bits per heavy atom. The van der Waals surface area contributed by atoms with Gasteiger partial charge in [0, 0.05) is 41.4 Å². The molecule has 3 rings (SSSR count). The lowest BCUT2D eigenvalue weighted by Gasteiger charge is -2.30. The van der Waals surface area contributed by atoms with Gasteiger partial charge in [-0.1, -0.05) is 37.6 Å². The van der Waals surface area contributed by atoms with Crippen LogP contribution < -0.4 is 10.6 Å². The molecule has 0 aromatic heterocycles. The topological polar surface area (TPSA) is 53.5 Å². The van der Waals surface area contributed by atoms with Crippen molar-refractivity contribution in [2.24, 2.45) is 10.9 Å². The molecule has 1 aromatic carbocycles. The van der Waals surface area contributed by atoms with Crippen LogP contribution in [0.25, 0.3) is 0 Å². The number of halogens is 1. The van der Waals surface area contributed by atoms with Crippen molar-refractivity contribution in [3.8, 4) is 0 Å². The van der Waals surface area contributed by atoms with Gasteiger partial charge in [-0.15, -0.1) is 24.0 Å². The highest BCUT2D eigenvalue weighted by atomic mass is 127. The maximum Gasteiger partial charge on any atom is 0.191 e. The summed E-state index contributed by atoms with van der Waals surface area (Å²) in [5, 5.41) is 7.42. The fraction of sp³-hybridized carbons (Fsp3) is 0.650. The molecule has 0 saturated heterocycles. The van der Waals surface area contributed by atoms with Crippen LogP contribution in [0, 0.1) is 5.92 Å². The SMILES string of the molecule is CCS(=O)C1CCCC(NC(=NC)NCC2Cc3ccccc3C2)C1.I. The first-order valence-electron chi connectivity index (χ1n) is 9.60. The van der Waals surface area contributed by atoms with Crippen molar-refractivity contribution in [3.63, 3.8) is 0 Å². The molecule has 0 heterocycles. The van der Waals surface area contributed by atoms with Crippen molar-refractivity contribution >= 4 is 40.7 Å². The third-order valence-corrected chi connectivity index (χ3v) is 7.28. The summed E-state index contributed by atoms with van der Waals surface area (Å²) in [6.45, 7) is 2.97. The number of guanidine groups is 1. The number of rotatable bonds is 5. The molecule has 1 fully saturated rings. The molecule has 1 saturated carbocycles. The number of nitrogens with one attached hydrogen (secondary N) is 2. The monoisotopic (exact) mass is 489 g/mol. The van der Waals surface area contributed by atoms with Crippen LogP contribution in [0.15, 0.2) is 29.3 Å². The van der Waals surface area contributed by atoms with Gasteiger partial charge in [0.15, 0.2) is 5.96 Å². The van der Waals surface area contributed by atoms with Crippen LogP contribution in [-0.2, 0) is 23.6 Å². The maximum absolute atomic E-state index is 12.1. The second-order valence-corrected chi connectivity index (χ2v) is 9.30. The van der Waals surface area contributed by atoms with Crippen molar-refractivity contribution < 1.29 is 4.21 Å². The average Bonchev–Trinajstić information content (AvgIpc) is 3.07. The van der Waals surface area contributed by atoms with E-state index in [9.17, 15) is 4.21 Å². The summed E-state index contributed by atoms with van der Waals surface area (Å²) in [5.74, 6) is 2.30. The summed E-state index contributed by atoms with van der Waals surface area (Å²) in [6, 6.07) is 9.15. The highest BCUT2D eigenvalue weighted by molar-refractivity contribution is 14.0. The summed E-state index contributed by atoms with van der Waals surface area (Å²) in [6.07, 6.45) is 6.71. The third-order valence-electron chi connectivity index (χ3n) is 5.54. The molecule has 0 radical (unpaired) electrons. The quantitative estimate of drug-likeness (QED) is 0.379. The Morgan fingerprint density at radius 2 is 1.92 bits per heavy atom. The minimum Gasteiger partial charge on any atom is -0.356 e. The molecule has 146 valence electrons. The van der Waals surface area contributed by atoms with E-state index in [4.69, 9.17) is 0 Å². The molecule has 6 heteroatoms. The van der Waals surface area contributed by atoms with Crippen LogP contribution in [0.4, 0.5) is 0 Å². The van der Waals surface area contributed by atoms with Gasteiger partial charge in [-0.05, 0) is 49.1 Å². The highest BCUT2D eigenvalue weighted by Gasteiger charge is 2.26. The summed E-state index contributed by atoms with van der Waals surface area (Å²) < 4.78 is 12.1. The van der Waals surface area contributed by atoms with E-state index in [0.29, 0.717) is 17.2 Å². The van der Waals surface area contributed by atoms with E-state index in [0.717, 1.165) is 56.8 Å². The lowest BCUT2D eigenvalue weighted by Crippen LogP contribution is -2.47. The molecule has 4 nitrogen and oxygen atoms in total. The van der Waals surface area contributed by atoms with E-state index in [2.05, 4.69) is 39.9 Å². The predicted molar refractivity (Wildman–Crippen MR) is 122 cm³/mol. The van der Waals surface area contributed by atoms with Crippen LogP contribution in [0.2, 0.25) is 0 Å². The van der Waals surface area contributed by atoms with Gasteiger partial charge in [0.25, 0.3) is 0 Å². The number of fused-ring (bicyclic) bond motifs is 1. The van der Waals surface area contributed by atoms with Crippen LogP contribution >= 0.6 is 24.0 Å². The Balaban J connectivity index is 0.00000243. The molecule has 2 aliphatic rings. The van der Waals surface area contributed by atoms with Crippen LogP contribution in [0.5, 0.6) is 0 Å². The number of aliphatic imine (C=N–C) groups is 1. The Kier molecular flexibility index (Phi) is 8.87. The highest BCUT2D eigenvalue weighted by Crippen LogP contribution is 2.26. The Hall–Kier alpha value is -0.630. The zero-order valence-electron chi connectivity index (χ0n) is 15.9. The van der Waals surface area contributed by atoms with Gasteiger partial charge in [0.05, 0.1) is 0 Å². The predicted octanol–water partition coefficient (Wildman–Crippen LogP) is 3.26. The van der Waals surface area contributed by atoms with E-state index >= 15 is 0 Å². The molecule has 26 heavy (non-hydrogen) atoms. The fourth-order valence-electron chi connectivity index (χ4n) is 4.17. The Labute approximate surface area is 177 Å². The van der Waals surface area contributed by atoms with E-state index < -0.39 is 10.8 Å². The van der Waals surface area contributed by atoms with E-state index in [-0.39, 0.29) is 24.0 Å². The van der Waals surface area contributed by atoms with Crippen LogP contribution in [0.3, 0.4) is 0 Å². The maximum atomic E-state index is 12.1. The molecule has 2 aliphatic carbocycles. The van der Waals surface area contributed by atoms with Crippen LogP contribution in [-0.4, -0.2) is 40.8 Å². The molecule has 0 aliphatic heterocycles. The zero-order chi connectivity index (χ0) is 17.6. The van der Waals surface area contributed by atoms with Crippen molar-refractivity contribution in [2.75, 3.05) is 19.3 Å². The lowest BCUT2D eigenvalue weighted by molar-refractivity contribution is 0.411. The average molecular weight is 489 g/mol. The first-order valence-corrected chi connectivity index (χ1v) is 11.0. The summed E-state index contributed by atoms with van der Waals surface area (Å²) >= 11 is 0. The van der Waals surface area contributed by atoms with E-state index in [1.54, 1.807) is 0 Å². The lowest BCUT2D eigenvalue weighted by atomic mass is 9.95. The van der Waals surface area contributed by atoms with Gasteiger partial charge >= 0.3 is 0 Å². The smallest absolute Gasteiger partial charge is 0.191 e. The largest absolute Gasteiger partial charge is 0.356 e. The third kappa shape index (κ3) is 5.68. The second-order valence-electron chi connectivity index (χ2n) is 7.30. The first kappa shape index (κ1) is 21.7. The zero-order valence-corrected chi connectivity index (χ0v) is 19.0. The fourth-order valence-corrected chi connectivity index (χ4v) is 5.52. The molecule has 1 aromatic rings. The minimum atomic E-state index is -0.680. The molecular weight excluding hydrogens is 457 g/mol. The number of hydrogen-bond donors (Lipinski definition) is 2. The van der Waals surface area contributed by atoms with Gasteiger partial charge in [-0.3, -0.25) is 9.20 Å². The molecule has 0 bridgehead atoms. The van der Waals surface area contributed by atoms with Crippen molar-refractivity contribution in [1.29, 1.82) is 0 Å². The Bertz CT molecular complexity index is 612. The van der Waals surface area contributed by atoms with Gasteiger partial charge in [0.1, 0.15) is 0 Å². The minimum absolute atomic E-state index is 0. The second kappa shape index (κ2) is 10.6. The summed E-state index contributed by atoms with van der Waals surface area (Å²) in [7, 11) is 1.16. The van der Waals surface area contributed by atoms with Gasteiger partial charge in [-0.2, -0.15) is 0 Å². The normalized spacial score (nSPS) is 24.5. The van der Waals surface area contributed by atoms with Gasteiger partial charge < -0.3 is 10.6 Å². The molecule has 0 amide bonds. The van der Waals surface area contributed by atoms with Crippen molar-refractivity contribution in [2.45, 2.75) is 56.7 Å². The van der Waals surface area contributed by atoms with Crippen LogP contribution in [0.1, 0.15) is 43.7 Å². The summed E-state index contributed by atoms with van der Waals surface area (Å²) in [5.41, 5.74) is 2.99. The number of nitrogens with zero attached hydrogens (tertiary/aromatic N) is 1. The van der Waals surface area contributed by atoms with Gasteiger partial charge in [0.2, 0.25) is 0 Å². The van der Waals surface area contributed by atoms with E-state index in [1.807, 2.05) is 14.0 Å². The number of benzene rings is 1. The standard InChI is InChI=1S/C20H31N3OS.HI/c1-3-25(24)19-10-6-9-18(13-19)23-20(21-2)22-14-15-11-16-7-4-5-8-17(16)12-15;/h4-5,7-8,15,18-19H,3,6,9-14H2,1-2H3,(H2,21,22,23);1H. The van der Waals surface area contributed by atoms with E-state index in [1.165, 1.54) is 11.1 Å². The Morgan fingerprint density at radius 3 is 2.54 bits per heavy atom. The molecule has 0 spiro atoms. The van der Waals surface area contributed by atoms with Gasteiger partial charge in [-0.25, -0.2) is 0 Å². The number of hydrogen-bond acceptors (Lipinski definition) is 2. The molecule has 3 atom stereocenters. The molecular formula is C20H32IN3OS. The van der Waals surface area contributed by atoms with Crippen molar-refractivity contribution in [3.05, 3.63) is 35.4 Å².